The smallest absolute Gasteiger partial charge is 0.240 e. The van der Waals surface area contributed by atoms with Crippen LogP contribution in [0.3, 0.4) is 0 Å². The number of rotatable bonds is 6. The zero-order valence-electron chi connectivity index (χ0n) is 15.8. The molecule has 1 saturated heterocycles. The van der Waals surface area contributed by atoms with Gasteiger partial charge >= 0.3 is 0 Å². The fraction of sp³-hybridized carbons (Fsp3) is 0.273. The van der Waals surface area contributed by atoms with E-state index in [1.807, 2.05) is 36.4 Å². The third-order valence-corrected chi connectivity index (χ3v) is 6.70. The van der Waals surface area contributed by atoms with E-state index in [2.05, 4.69) is 38.8 Å². The number of benzene rings is 3. The fourth-order valence-corrected chi connectivity index (χ4v) is 4.68. The molecule has 0 atom stereocenters. The lowest BCUT2D eigenvalue weighted by Gasteiger charge is -2.36. The van der Waals surface area contributed by atoms with E-state index in [9.17, 15) is 8.42 Å². The number of hydrogen-bond acceptors (Lipinski definition) is 4. The van der Waals surface area contributed by atoms with Crippen molar-refractivity contribution in [1.82, 2.24) is 9.62 Å². The lowest BCUT2D eigenvalue weighted by atomic mass is 10.1. The van der Waals surface area contributed by atoms with E-state index in [-0.39, 0.29) is 0 Å². The second-order valence-corrected chi connectivity index (χ2v) is 8.84. The molecule has 0 radical (unpaired) electrons. The molecule has 1 aliphatic heterocycles. The van der Waals surface area contributed by atoms with Gasteiger partial charge in [-0.1, -0.05) is 48.5 Å². The number of fused-ring (bicyclic) bond motifs is 1. The predicted octanol–water partition coefficient (Wildman–Crippen LogP) is 2.94. The molecule has 1 heterocycles. The Hall–Kier alpha value is -2.41. The Balaban J connectivity index is 1.29. The molecule has 0 spiro atoms. The van der Waals surface area contributed by atoms with Crippen LogP contribution in [0.1, 0.15) is 0 Å². The average Bonchev–Trinajstić information content (AvgIpc) is 2.74. The number of nitrogens with zero attached hydrogens (tertiary/aromatic N) is 2. The number of piperazine rings is 1. The van der Waals surface area contributed by atoms with Crippen molar-refractivity contribution in [3.8, 4) is 0 Å². The van der Waals surface area contributed by atoms with Crippen LogP contribution in [-0.4, -0.2) is 52.6 Å². The van der Waals surface area contributed by atoms with Crippen molar-refractivity contribution in [2.45, 2.75) is 4.90 Å². The van der Waals surface area contributed by atoms with Crippen molar-refractivity contribution in [1.29, 1.82) is 0 Å². The number of nitrogens with one attached hydrogen (secondary N) is 1. The summed E-state index contributed by atoms with van der Waals surface area (Å²) in [5.74, 6) is 0. The Kier molecular flexibility index (Phi) is 5.62. The summed E-state index contributed by atoms with van der Waals surface area (Å²) < 4.78 is 28.0. The van der Waals surface area contributed by atoms with Crippen LogP contribution in [0.5, 0.6) is 0 Å². The molecule has 6 heteroatoms. The van der Waals surface area contributed by atoms with Gasteiger partial charge in [-0.3, -0.25) is 4.90 Å². The minimum atomic E-state index is -3.49. The molecule has 1 N–H and O–H groups in total. The van der Waals surface area contributed by atoms with Crippen molar-refractivity contribution in [2.75, 3.05) is 44.2 Å². The summed E-state index contributed by atoms with van der Waals surface area (Å²) in [5, 5.41) is 1.97. The third-order valence-electron chi connectivity index (χ3n) is 5.24. The summed E-state index contributed by atoms with van der Waals surface area (Å²) >= 11 is 0. The van der Waals surface area contributed by atoms with Gasteiger partial charge < -0.3 is 4.90 Å². The van der Waals surface area contributed by atoms with E-state index in [4.69, 9.17) is 0 Å². The van der Waals surface area contributed by atoms with Crippen LogP contribution in [-0.2, 0) is 10.0 Å². The molecular formula is C22H25N3O2S. The van der Waals surface area contributed by atoms with Gasteiger partial charge in [0.1, 0.15) is 0 Å². The minimum Gasteiger partial charge on any atom is -0.369 e. The van der Waals surface area contributed by atoms with Gasteiger partial charge in [-0.2, -0.15) is 0 Å². The first-order chi connectivity index (χ1) is 13.6. The average molecular weight is 396 g/mol. The van der Waals surface area contributed by atoms with Gasteiger partial charge in [-0.05, 0) is 35.0 Å². The van der Waals surface area contributed by atoms with Gasteiger partial charge in [0.2, 0.25) is 10.0 Å². The topological polar surface area (TPSA) is 52.7 Å². The molecule has 1 fully saturated rings. The summed E-state index contributed by atoms with van der Waals surface area (Å²) in [7, 11) is -3.49. The van der Waals surface area contributed by atoms with E-state index in [0.717, 1.165) is 43.5 Å². The molecule has 0 aromatic heterocycles. The minimum absolute atomic E-state index is 0.320. The van der Waals surface area contributed by atoms with Crippen molar-refractivity contribution in [3.63, 3.8) is 0 Å². The second-order valence-electron chi connectivity index (χ2n) is 7.07. The van der Waals surface area contributed by atoms with Crippen LogP contribution in [0.4, 0.5) is 5.69 Å². The summed E-state index contributed by atoms with van der Waals surface area (Å²) in [5.41, 5.74) is 1.25. The van der Waals surface area contributed by atoms with Crippen LogP contribution in [0.2, 0.25) is 0 Å². The molecule has 4 rings (SSSR count). The summed E-state index contributed by atoms with van der Waals surface area (Å²) in [6.07, 6.45) is 0. The molecule has 0 aliphatic carbocycles. The van der Waals surface area contributed by atoms with Crippen LogP contribution in [0, 0.1) is 0 Å². The van der Waals surface area contributed by atoms with Gasteiger partial charge in [-0.25, -0.2) is 13.1 Å². The van der Waals surface area contributed by atoms with E-state index in [1.54, 1.807) is 12.1 Å². The SMILES string of the molecule is O=S(=O)(NCCN1CCN(c2ccccc2)CC1)c1ccc2ccccc2c1. The molecule has 3 aromatic rings. The molecular weight excluding hydrogens is 370 g/mol. The largest absolute Gasteiger partial charge is 0.369 e. The summed E-state index contributed by atoms with van der Waals surface area (Å²) in [6, 6.07) is 23.4. The normalized spacial score (nSPS) is 15.8. The quantitative estimate of drug-likeness (QED) is 0.697. The molecule has 28 heavy (non-hydrogen) atoms. The molecule has 0 amide bonds. The number of sulfonamides is 1. The van der Waals surface area contributed by atoms with Crippen molar-refractivity contribution in [2.24, 2.45) is 0 Å². The number of anilines is 1. The zero-order chi connectivity index (χ0) is 19.4. The highest BCUT2D eigenvalue weighted by Crippen LogP contribution is 2.19. The van der Waals surface area contributed by atoms with Gasteiger partial charge in [-0.15, -0.1) is 0 Å². The van der Waals surface area contributed by atoms with E-state index in [0.29, 0.717) is 11.4 Å². The maximum atomic E-state index is 12.6. The van der Waals surface area contributed by atoms with E-state index >= 15 is 0 Å². The molecule has 0 saturated carbocycles. The maximum Gasteiger partial charge on any atom is 0.240 e. The predicted molar refractivity (Wildman–Crippen MR) is 114 cm³/mol. The van der Waals surface area contributed by atoms with Crippen molar-refractivity contribution in [3.05, 3.63) is 72.8 Å². The van der Waals surface area contributed by atoms with Gasteiger partial charge in [0, 0.05) is 45.0 Å². The zero-order valence-corrected chi connectivity index (χ0v) is 16.6. The second kappa shape index (κ2) is 8.31. The van der Waals surface area contributed by atoms with Crippen LogP contribution >= 0.6 is 0 Å². The monoisotopic (exact) mass is 395 g/mol. The van der Waals surface area contributed by atoms with Crippen LogP contribution in [0.25, 0.3) is 10.8 Å². The molecule has 146 valence electrons. The molecule has 5 nitrogen and oxygen atoms in total. The number of hydrogen-bond donors (Lipinski definition) is 1. The molecule has 3 aromatic carbocycles. The van der Waals surface area contributed by atoms with E-state index in [1.165, 1.54) is 5.69 Å². The summed E-state index contributed by atoms with van der Waals surface area (Å²) in [4.78, 5) is 5.00. The Morgan fingerprint density at radius 1 is 0.786 bits per heavy atom. The van der Waals surface area contributed by atoms with E-state index < -0.39 is 10.0 Å². The maximum absolute atomic E-state index is 12.6. The van der Waals surface area contributed by atoms with Gasteiger partial charge in [0.05, 0.1) is 4.90 Å². The lowest BCUT2D eigenvalue weighted by molar-refractivity contribution is 0.262. The standard InChI is InChI=1S/C22H25N3O2S/c26-28(27,22-11-10-19-6-4-5-7-20(19)18-22)23-12-13-24-14-16-25(17-15-24)21-8-2-1-3-9-21/h1-11,18,23H,12-17H2. The van der Waals surface area contributed by atoms with Gasteiger partial charge in [0.25, 0.3) is 0 Å². The highest BCUT2D eigenvalue weighted by atomic mass is 32.2. The first kappa shape index (κ1) is 18.9. The Labute approximate surface area is 166 Å². The van der Waals surface area contributed by atoms with Crippen molar-refractivity contribution < 1.29 is 8.42 Å². The first-order valence-electron chi connectivity index (χ1n) is 9.63. The first-order valence-corrected chi connectivity index (χ1v) is 11.1. The molecule has 0 bridgehead atoms. The highest BCUT2D eigenvalue weighted by molar-refractivity contribution is 7.89. The Bertz CT molecular complexity index is 1030. The van der Waals surface area contributed by atoms with Crippen LogP contribution in [0.15, 0.2) is 77.7 Å². The Morgan fingerprint density at radius 2 is 1.46 bits per heavy atom. The fourth-order valence-electron chi connectivity index (χ4n) is 3.62. The lowest BCUT2D eigenvalue weighted by Crippen LogP contribution is -2.48. The number of para-hydroxylation sites is 1. The highest BCUT2D eigenvalue weighted by Gasteiger charge is 2.18. The third kappa shape index (κ3) is 4.35. The molecule has 1 aliphatic rings. The Morgan fingerprint density at radius 3 is 2.21 bits per heavy atom. The molecule has 0 unspecified atom stereocenters. The van der Waals surface area contributed by atoms with Gasteiger partial charge in [0.15, 0.2) is 0 Å². The summed E-state index contributed by atoms with van der Waals surface area (Å²) in [6.45, 7) is 4.93. The van der Waals surface area contributed by atoms with Crippen molar-refractivity contribution >= 4 is 26.5 Å². The van der Waals surface area contributed by atoms with Crippen LogP contribution < -0.4 is 9.62 Å².